The highest BCUT2D eigenvalue weighted by atomic mass is 32.1. The fourth-order valence-electron chi connectivity index (χ4n) is 3.95. The molecule has 0 spiro atoms. The number of nitrogens with zero attached hydrogens (tertiary/aromatic N) is 7. The van der Waals surface area contributed by atoms with Crippen molar-refractivity contribution in [3.05, 3.63) is 60.0 Å². The van der Waals surface area contributed by atoms with E-state index in [1.807, 2.05) is 6.07 Å². The van der Waals surface area contributed by atoms with Crippen LogP contribution < -0.4 is 9.80 Å². The number of aromatic nitrogens is 4. The number of hydrogen-bond donors (Lipinski definition) is 0. The van der Waals surface area contributed by atoms with Crippen molar-refractivity contribution in [3.8, 4) is 11.1 Å². The van der Waals surface area contributed by atoms with Gasteiger partial charge in [0.2, 0.25) is 5.95 Å². The number of fused-ring (bicyclic) bond motifs is 1. The van der Waals surface area contributed by atoms with Crippen molar-refractivity contribution in [1.82, 2.24) is 24.8 Å². The van der Waals surface area contributed by atoms with Crippen molar-refractivity contribution < 1.29 is 0 Å². The molecule has 3 aromatic heterocycles. The van der Waals surface area contributed by atoms with E-state index in [0.29, 0.717) is 0 Å². The van der Waals surface area contributed by atoms with Crippen LogP contribution in [-0.4, -0.2) is 65.1 Å². The van der Waals surface area contributed by atoms with Crippen molar-refractivity contribution >= 4 is 33.3 Å². The molecule has 0 N–H and O–H groups in total. The molecule has 1 saturated heterocycles. The summed E-state index contributed by atoms with van der Waals surface area (Å²) in [7, 11) is 4.10. The monoisotopic (exact) mass is 431 g/mol. The van der Waals surface area contributed by atoms with Gasteiger partial charge < -0.3 is 14.7 Å². The zero-order valence-corrected chi connectivity index (χ0v) is 18.6. The van der Waals surface area contributed by atoms with Crippen LogP contribution in [0.3, 0.4) is 0 Å². The first-order valence-corrected chi connectivity index (χ1v) is 11.3. The lowest BCUT2D eigenvalue weighted by Gasteiger charge is -2.35. The Morgan fingerprint density at radius 1 is 0.903 bits per heavy atom. The van der Waals surface area contributed by atoms with Gasteiger partial charge in [0, 0.05) is 49.5 Å². The Morgan fingerprint density at radius 2 is 1.61 bits per heavy atom. The number of benzene rings is 1. The molecule has 1 aromatic carbocycles. The zero-order valence-electron chi connectivity index (χ0n) is 17.8. The molecule has 0 amide bonds. The van der Waals surface area contributed by atoms with E-state index in [0.717, 1.165) is 60.5 Å². The Morgan fingerprint density at radius 3 is 2.32 bits per heavy atom. The van der Waals surface area contributed by atoms with E-state index in [-0.39, 0.29) is 0 Å². The van der Waals surface area contributed by atoms with Crippen LogP contribution in [0.5, 0.6) is 0 Å². The molecule has 7 nitrogen and oxygen atoms in total. The second kappa shape index (κ2) is 8.56. The normalized spacial score (nSPS) is 14.5. The predicted octanol–water partition coefficient (Wildman–Crippen LogP) is 3.54. The van der Waals surface area contributed by atoms with Gasteiger partial charge in [-0.1, -0.05) is 30.3 Å². The van der Waals surface area contributed by atoms with Crippen LogP contribution in [0, 0.1) is 0 Å². The molecule has 0 aliphatic carbocycles. The summed E-state index contributed by atoms with van der Waals surface area (Å²) < 4.78 is 0. The fraction of sp³-hybridized carbons (Fsp3) is 0.304. The van der Waals surface area contributed by atoms with Crippen molar-refractivity contribution in [2.45, 2.75) is 6.54 Å². The maximum atomic E-state index is 5.05. The van der Waals surface area contributed by atoms with E-state index in [1.54, 1.807) is 23.7 Å². The lowest BCUT2D eigenvalue weighted by molar-refractivity contribution is 0.391. The van der Waals surface area contributed by atoms with Crippen LogP contribution in [0.15, 0.2) is 54.2 Å². The molecule has 0 atom stereocenters. The van der Waals surface area contributed by atoms with Gasteiger partial charge in [0.25, 0.3) is 0 Å². The average Bonchev–Trinajstić information content (AvgIpc) is 3.23. The first-order valence-electron chi connectivity index (χ1n) is 10.4. The number of rotatable bonds is 5. The Balaban J connectivity index is 1.52. The third-order valence-electron chi connectivity index (χ3n) is 5.42. The standard InChI is InChI=1S/C23H25N7S/c1-28(2)15-19-26-21(29-11-13-30(14-12-29)23-24-9-6-10-25-23)20-18(16-31-22(20)27-19)17-7-4-3-5-8-17/h3-10,16H,11-15H2,1-2H3. The molecule has 8 heteroatoms. The van der Waals surface area contributed by atoms with Crippen LogP contribution in [0.2, 0.25) is 0 Å². The Labute approximate surface area is 186 Å². The molecule has 1 aliphatic heterocycles. The molecule has 1 fully saturated rings. The molecule has 4 heterocycles. The lowest BCUT2D eigenvalue weighted by Crippen LogP contribution is -2.47. The molecule has 0 bridgehead atoms. The highest BCUT2D eigenvalue weighted by Gasteiger charge is 2.24. The molecule has 1 aliphatic rings. The third kappa shape index (κ3) is 4.08. The molecule has 158 valence electrons. The summed E-state index contributed by atoms with van der Waals surface area (Å²) in [6, 6.07) is 12.4. The molecule has 31 heavy (non-hydrogen) atoms. The number of thiophene rings is 1. The van der Waals surface area contributed by atoms with Gasteiger partial charge in [-0.15, -0.1) is 11.3 Å². The molecule has 0 saturated carbocycles. The van der Waals surface area contributed by atoms with E-state index in [1.165, 1.54) is 11.1 Å². The van der Waals surface area contributed by atoms with Gasteiger partial charge in [0.15, 0.2) is 0 Å². The van der Waals surface area contributed by atoms with Crippen molar-refractivity contribution in [2.24, 2.45) is 0 Å². The molecule has 0 radical (unpaired) electrons. The van der Waals surface area contributed by atoms with Crippen LogP contribution in [0.25, 0.3) is 21.3 Å². The summed E-state index contributed by atoms with van der Waals surface area (Å²) >= 11 is 1.70. The van der Waals surface area contributed by atoms with Gasteiger partial charge in [-0.05, 0) is 25.7 Å². The van der Waals surface area contributed by atoms with Crippen LogP contribution in [0.4, 0.5) is 11.8 Å². The molecule has 0 unspecified atom stereocenters. The minimum atomic E-state index is 0.722. The minimum absolute atomic E-state index is 0.722. The van der Waals surface area contributed by atoms with Crippen molar-refractivity contribution in [3.63, 3.8) is 0 Å². The van der Waals surface area contributed by atoms with E-state index in [4.69, 9.17) is 9.97 Å². The molecular weight excluding hydrogens is 406 g/mol. The first kappa shape index (κ1) is 19.8. The maximum Gasteiger partial charge on any atom is 0.225 e. The minimum Gasteiger partial charge on any atom is -0.352 e. The summed E-state index contributed by atoms with van der Waals surface area (Å²) in [4.78, 5) is 26.5. The van der Waals surface area contributed by atoms with Crippen LogP contribution in [-0.2, 0) is 6.54 Å². The van der Waals surface area contributed by atoms with E-state index < -0.39 is 0 Å². The lowest BCUT2D eigenvalue weighted by atomic mass is 10.1. The largest absolute Gasteiger partial charge is 0.352 e. The highest BCUT2D eigenvalue weighted by molar-refractivity contribution is 7.17. The van der Waals surface area contributed by atoms with Gasteiger partial charge in [-0.3, -0.25) is 0 Å². The van der Waals surface area contributed by atoms with Gasteiger partial charge in [0.05, 0.1) is 11.9 Å². The second-order valence-corrected chi connectivity index (χ2v) is 8.78. The Hall–Kier alpha value is -3.10. The maximum absolute atomic E-state index is 5.05. The summed E-state index contributed by atoms with van der Waals surface area (Å²) in [5, 5.41) is 3.37. The van der Waals surface area contributed by atoms with Crippen LogP contribution >= 0.6 is 11.3 Å². The van der Waals surface area contributed by atoms with E-state index in [9.17, 15) is 0 Å². The third-order valence-corrected chi connectivity index (χ3v) is 6.29. The fourth-order valence-corrected chi connectivity index (χ4v) is 4.91. The summed E-state index contributed by atoms with van der Waals surface area (Å²) in [6.45, 7) is 4.19. The van der Waals surface area contributed by atoms with Gasteiger partial charge in [-0.25, -0.2) is 19.9 Å². The summed E-state index contributed by atoms with van der Waals surface area (Å²) in [6.07, 6.45) is 3.60. The zero-order chi connectivity index (χ0) is 21.2. The van der Waals surface area contributed by atoms with Gasteiger partial charge in [0.1, 0.15) is 16.5 Å². The molecule has 5 rings (SSSR count). The van der Waals surface area contributed by atoms with Gasteiger partial charge >= 0.3 is 0 Å². The van der Waals surface area contributed by atoms with Crippen molar-refractivity contribution in [1.29, 1.82) is 0 Å². The second-order valence-electron chi connectivity index (χ2n) is 7.92. The topological polar surface area (TPSA) is 61.3 Å². The van der Waals surface area contributed by atoms with Crippen molar-refractivity contribution in [2.75, 3.05) is 50.1 Å². The quantitative estimate of drug-likeness (QED) is 0.479. The summed E-state index contributed by atoms with van der Waals surface area (Å²) in [5.74, 6) is 2.70. The Bertz CT molecular complexity index is 1150. The summed E-state index contributed by atoms with van der Waals surface area (Å²) in [5.41, 5.74) is 2.41. The van der Waals surface area contributed by atoms with Crippen LogP contribution in [0.1, 0.15) is 5.82 Å². The predicted molar refractivity (Wildman–Crippen MR) is 127 cm³/mol. The van der Waals surface area contributed by atoms with Gasteiger partial charge in [-0.2, -0.15) is 0 Å². The smallest absolute Gasteiger partial charge is 0.225 e. The number of piperazine rings is 1. The highest BCUT2D eigenvalue weighted by Crippen LogP contribution is 2.38. The first-order chi connectivity index (χ1) is 15.2. The molecule has 4 aromatic rings. The average molecular weight is 432 g/mol. The van der Waals surface area contributed by atoms with E-state index >= 15 is 0 Å². The Kier molecular flexibility index (Phi) is 5.48. The number of anilines is 2. The molecular formula is C23H25N7S. The number of hydrogen-bond acceptors (Lipinski definition) is 8. The van der Waals surface area contributed by atoms with E-state index in [2.05, 4.69) is 74.5 Å². The SMILES string of the molecule is CN(C)Cc1nc(N2CCN(c3ncccn3)CC2)c2c(-c3ccccc3)csc2n1.